The minimum Gasteiger partial charge on any atom is -0.385 e. The van der Waals surface area contributed by atoms with E-state index >= 15 is 0 Å². The van der Waals surface area contributed by atoms with Crippen molar-refractivity contribution in [3.8, 4) is 0 Å². The lowest BCUT2D eigenvalue weighted by atomic mass is 10.2. The van der Waals surface area contributed by atoms with Crippen LogP contribution in [-0.4, -0.2) is 49.1 Å². The molecule has 0 amide bonds. The molecule has 0 unspecified atom stereocenters. The third kappa shape index (κ3) is 4.50. The molecule has 0 saturated carbocycles. The van der Waals surface area contributed by atoms with Crippen molar-refractivity contribution in [3.63, 3.8) is 0 Å². The molecular formula is C13H20N4O2. The summed E-state index contributed by atoms with van der Waals surface area (Å²) in [6.07, 6.45) is 1.08. The van der Waals surface area contributed by atoms with Gasteiger partial charge in [-0.1, -0.05) is 0 Å². The van der Waals surface area contributed by atoms with E-state index < -0.39 is 0 Å². The van der Waals surface area contributed by atoms with Gasteiger partial charge in [0.25, 0.3) is 5.69 Å². The molecule has 1 aliphatic heterocycles. The molecule has 104 valence electrons. The molecule has 0 bridgehead atoms. The first-order valence-corrected chi connectivity index (χ1v) is 6.67. The van der Waals surface area contributed by atoms with Crippen LogP contribution in [-0.2, 0) is 0 Å². The fourth-order valence-corrected chi connectivity index (χ4v) is 2.17. The number of benzene rings is 1. The van der Waals surface area contributed by atoms with E-state index in [-0.39, 0.29) is 10.6 Å². The van der Waals surface area contributed by atoms with E-state index in [4.69, 9.17) is 0 Å². The van der Waals surface area contributed by atoms with E-state index in [1.807, 2.05) is 0 Å². The van der Waals surface area contributed by atoms with Crippen molar-refractivity contribution in [3.05, 3.63) is 34.4 Å². The number of hydrogen-bond donors (Lipinski definition) is 2. The first-order valence-electron chi connectivity index (χ1n) is 6.67. The Kier molecular flexibility index (Phi) is 5.11. The van der Waals surface area contributed by atoms with Crippen LogP contribution < -0.4 is 10.6 Å². The SMILES string of the molecule is O=[N+]([O-])c1ccc(NCCCN2CCNCC2)cc1. The Hall–Kier alpha value is -1.66. The number of nitrogens with zero attached hydrogens (tertiary/aromatic N) is 2. The number of anilines is 1. The van der Waals surface area contributed by atoms with Gasteiger partial charge >= 0.3 is 0 Å². The molecule has 1 aliphatic rings. The molecule has 0 aliphatic carbocycles. The van der Waals surface area contributed by atoms with Gasteiger partial charge in [0.1, 0.15) is 0 Å². The molecule has 1 aromatic carbocycles. The third-order valence-corrected chi connectivity index (χ3v) is 3.27. The number of nitro benzene ring substituents is 1. The topological polar surface area (TPSA) is 70.4 Å². The average molecular weight is 264 g/mol. The van der Waals surface area contributed by atoms with Gasteiger partial charge < -0.3 is 15.5 Å². The summed E-state index contributed by atoms with van der Waals surface area (Å²) in [5, 5.41) is 17.1. The van der Waals surface area contributed by atoms with Crippen molar-refractivity contribution >= 4 is 11.4 Å². The first kappa shape index (κ1) is 13.8. The predicted molar refractivity (Wildman–Crippen MR) is 75.5 cm³/mol. The maximum atomic E-state index is 10.5. The van der Waals surface area contributed by atoms with Crippen LogP contribution in [0.3, 0.4) is 0 Å². The second-order valence-electron chi connectivity index (χ2n) is 4.68. The lowest BCUT2D eigenvalue weighted by Gasteiger charge is -2.27. The Morgan fingerprint density at radius 2 is 1.95 bits per heavy atom. The number of rotatable bonds is 6. The minimum atomic E-state index is -0.381. The molecule has 1 fully saturated rings. The van der Waals surface area contributed by atoms with Crippen LogP contribution in [0.15, 0.2) is 24.3 Å². The number of nitro groups is 1. The summed E-state index contributed by atoms with van der Waals surface area (Å²) in [7, 11) is 0. The van der Waals surface area contributed by atoms with E-state index in [1.165, 1.54) is 12.1 Å². The molecule has 0 atom stereocenters. The molecule has 6 nitrogen and oxygen atoms in total. The first-order chi connectivity index (χ1) is 9.25. The highest BCUT2D eigenvalue weighted by Gasteiger charge is 2.08. The second kappa shape index (κ2) is 7.06. The van der Waals surface area contributed by atoms with Crippen molar-refractivity contribution in [2.24, 2.45) is 0 Å². The molecule has 6 heteroatoms. The molecule has 1 heterocycles. The highest BCUT2D eigenvalue weighted by molar-refractivity contribution is 5.48. The van der Waals surface area contributed by atoms with Crippen molar-refractivity contribution in [2.75, 3.05) is 44.6 Å². The van der Waals surface area contributed by atoms with E-state index in [9.17, 15) is 10.1 Å². The van der Waals surface area contributed by atoms with Crippen molar-refractivity contribution in [1.82, 2.24) is 10.2 Å². The average Bonchev–Trinajstić information content (AvgIpc) is 2.45. The fraction of sp³-hybridized carbons (Fsp3) is 0.538. The van der Waals surface area contributed by atoms with Crippen LogP contribution in [0.4, 0.5) is 11.4 Å². The quantitative estimate of drug-likeness (QED) is 0.460. The van der Waals surface area contributed by atoms with Crippen LogP contribution >= 0.6 is 0 Å². The van der Waals surface area contributed by atoms with Crippen LogP contribution in [0.2, 0.25) is 0 Å². The van der Waals surface area contributed by atoms with Gasteiger partial charge in [0.15, 0.2) is 0 Å². The van der Waals surface area contributed by atoms with Gasteiger partial charge in [-0.25, -0.2) is 0 Å². The zero-order valence-corrected chi connectivity index (χ0v) is 11.0. The summed E-state index contributed by atoms with van der Waals surface area (Å²) in [4.78, 5) is 12.6. The zero-order valence-electron chi connectivity index (χ0n) is 11.0. The highest BCUT2D eigenvalue weighted by atomic mass is 16.6. The summed E-state index contributed by atoms with van der Waals surface area (Å²) >= 11 is 0. The third-order valence-electron chi connectivity index (χ3n) is 3.27. The molecule has 0 aromatic heterocycles. The Morgan fingerprint density at radius 3 is 2.58 bits per heavy atom. The number of piperazine rings is 1. The standard InChI is InChI=1S/C13H20N4O2/c18-17(19)13-4-2-12(3-5-13)15-6-1-9-16-10-7-14-8-11-16/h2-5,14-15H,1,6-11H2. The van der Waals surface area contributed by atoms with Gasteiger partial charge in [0.2, 0.25) is 0 Å². The number of hydrogen-bond acceptors (Lipinski definition) is 5. The second-order valence-corrected chi connectivity index (χ2v) is 4.68. The summed E-state index contributed by atoms with van der Waals surface area (Å²) in [6, 6.07) is 6.56. The van der Waals surface area contributed by atoms with Crippen LogP contribution in [0.1, 0.15) is 6.42 Å². The molecular weight excluding hydrogens is 244 g/mol. The minimum absolute atomic E-state index is 0.131. The zero-order chi connectivity index (χ0) is 13.5. The normalized spacial score (nSPS) is 16.2. The smallest absolute Gasteiger partial charge is 0.269 e. The van der Waals surface area contributed by atoms with Gasteiger partial charge in [-0.05, 0) is 25.1 Å². The molecule has 19 heavy (non-hydrogen) atoms. The highest BCUT2D eigenvalue weighted by Crippen LogP contribution is 2.15. The molecule has 0 radical (unpaired) electrons. The van der Waals surface area contributed by atoms with Gasteiger partial charge in [-0.2, -0.15) is 0 Å². The van der Waals surface area contributed by atoms with E-state index in [2.05, 4.69) is 15.5 Å². The van der Waals surface area contributed by atoms with E-state index in [1.54, 1.807) is 12.1 Å². The van der Waals surface area contributed by atoms with E-state index in [0.29, 0.717) is 0 Å². The van der Waals surface area contributed by atoms with E-state index in [0.717, 1.165) is 51.4 Å². The Morgan fingerprint density at radius 1 is 1.26 bits per heavy atom. The van der Waals surface area contributed by atoms with Gasteiger partial charge in [-0.3, -0.25) is 10.1 Å². The summed E-state index contributed by atoms with van der Waals surface area (Å²) in [5.41, 5.74) is 1.07. The van der Waals surface area contributed by atoms with Crippen LogP contribution in [0.5, 0.6) is 0 Å². The number of nitrogens with one attached hydrogen (secondary N) is 2. The molecule has 0 spiro atoms. The van der Waals surface area contributed by atoms with Crippen molar-refractivity contribution in [2.45, 2.75) is 6.42 Å². The van der Waals surface area contributed by atoms with Crippen molar-refractivity contribution in [1.29, 1.82) is 0 Å². The largest absolute Gasteiger partial charge is 0.385 e. The van der Waals surface area contributed by atoms with Crippen LogP contribution in [0, 0.1) is 10.1 Å². The summed E-state index contributed by atoms with van der Waals surface area (Å²) < 4.78 is 0. The lowest BCUT2D eigenvalue weighted by molar-refractivity contribution is -0.384. The van der Waals surface area contributed by atoms with Crippen LogP contribution in [0.25, 0.3) is 0 Å². The predicted octanol–water partition coefficient (Wildman–Crippen LogP) is 1.30. The Balaban J connectivity index is 1.66. The summed E-state index contributed by atoms with van der Waals surface area (Å²) in [6.45, 7) is 6.39. The van der Waals surface area contributed by atoms with Gasteiger partial charge in [-0.15, -0.1) is 0 Å². The molecule has 1 saturated heterocycles. The molecule has 2 rings (SSSR count). The maximum Gasteiger partial charge on any atom is 0.269 e. The Labute approximate surface area is 112 Å². The maximum absolute atomic E-state index is 10.5. The number of non-ortho nitro benzene ring substituents is 1. The summed E-state index contributed by atoms with van der Waals surface area (Å²) in [5.74, 6) is 0. The molecule has 1 aromatic rings. The fourth-order valence-electron chi connectivity index (χ4n) is 2.17. The molecule has 2 N–H and O–H groups in total. The van der Waals surface area contributed by atoms with Gasteiger partial charge in [0, 0.05) is 50.5 Å². The monoisotopic (exact) mass is 264 g/mol. The van der Waals surface area contributed by atoms with Gasteiger partial charge in [0.05, 0.1) is 4.92 Å². The van der Waals surface area contributed by atoms with Crippen molar-refractivity contribution < 1.29 is 4.92 Å². The lowest BCUT2D eigenvalue weighted by Crippen LogP contribution is -2.44. The Bertz CT molecular complexity index is 402.